The maximum Gasteiger partial charge on any atom is 0.535 e. The number of hydrogen-bond donors (Lipinski definition) is 0. The van der Waals surface area contributed by atoms with E-state index in [0.717, 1.165) is 44.1 Å². The lowest BCUT2D eigenvalue weighted by Gasteiger charge is -2.55. The highest BCUT2D eigenvalue weighted by Gasteiger charge is 2.63. The Bertz CT molecular complexity index is 1170. The molecule has 0 N–H and O–H groups in total. The Labute approximate surface area is 225 Å². The van der Waals surface area contributed by atoms with Crippen LogP contribution in [-0.4, -0.2) is 51.2 Å². The molecule has 3 unspecified atom stereocenters. The van der Waals surface area contributed by atoms with Crippen LogP contribution in [0.1, 0.15) is 75.8 Å². The standard InChI is InChI=1S/C31H39NO6/c1-5-37-29(34)38-32-18-20-6-8-21(9-7-20)26-17-30(2)27(14-15-31(30,36-4)19-35-3)25-12-10-22-16-23(33)11-13-24(22)28(25)26/h6-9,16,18,25-27H,5,10-15,17,19H2,1-4H3/b32-18+/t25?,26-,27?,30?,31-/m1/s1. The Kier molecular flexibility index (Phi) is 7.60. The number of nitrogens with zero attached hydrogens (tertiary/aromatic N) is 1. The molecule has 0 radical (unpaired) electrons. The normalized spacial score (nSPS) is 32.5. The van der Waals surface area contributed by atoms with Crippen LogP contribution in [0, 0.1) is 17.3 Å². The maximum atomic E-state index is 12.3. The van der Waals surface area contributed by atoms with Crippen molar-refractivity contribution in [2.75, 3.05) is 27.4 Å². The molecular formula is C31H39NO6. The predicted molar refractivity (Wildman–Crippen MR) is 144 cm³/mol. The van der Waals surface area contributed by atoms with Gasteiger partial charge in [-0.3, -0.25) is 9.63 Å². The van der Waals surface area contributed by atoms with Crippen molar-refractivity contribution in [2.24, 2.45) is 22.4 Å². The molecule has 0 heterocycles. The lowest BCUT2D eigenvalue weighted by atomic mass is 9.51. The number of fused-ring (bicyclic) bond motifs is 4. The molecule has 2 fully saturated rings. The van der Waals surface area contributed by atoms with Crippen LogP contribution >= 0.6 is 0 Å². The van der Waals surface area contributed by atoms with E-state index in [4.69, 9.17) is 19.0 Å². The van der Waals surface area contributed by atoms with Crippen LogP contribution in [0.2, 0.25) is 0 Å². The van der Waals surface area contributed by atoms with Crippen LogP contribution < -0.4 is 0 Å². The predicted octanol–water partition coefficient (Wildman–Crippen LogP) is 6.12. The number of hydrogen-bond acceptors (Lipinski definition) is 7. The van der Waals surface area contributed by atoms with Crippen molar-refractivity contribution in [3.05, 3.63) is 58.2 Å². The van der Waals surface area contributed by atoms with Crippen LogP contribution in [0.15, 0.2) is 52.2 Å². The quantitative estimate of drug-likeness (QED) is 0.186. The van der Waals surface area contributed by atoms with Crippen molar-refractivity contribution in [1.29, 1.82) is 0 Å². The maximum absolute atomic E-state index is 12.3. The van der Waals surface area contributed by atoms with Crippen molar-refractivity contribution in [2.45, 2.75) is 70.3 Å². The van der Waals surface area contributed by atoms with E-state index in [9.17, 15) is 9.59 Å². The molecule has 4 aliphatic rings. The van der Waals surface area contributed by atoms with E-state index in [1.54, 1.807) is 19.6 Å². The van der Waals surface area contributed by atoms with Crippen molar-refractivity contribution in [3.8, 4) is 0 Å². The van der Waals surface area contributed by atoms with Gasteiger partial charge in [0.25, 0.3) is 0 Å². The summed E-state index contributed by atoms with van der Waals surface area (Å²) in [5.41, 5.74) is 6.00. The molecule has 4 aliphatic carbocycles. The third-order valence-electron chi connectivity index (χ3n) is 9.72. The lowest BCUT2D eigenvalue weighted by Crippen LogP contribution is -2.54. The van der Waals surface area contributed by atoms with Gasteiger partial charge in [-0.15, -0.1) is 0 Å². The summed E-state index contributed by atoms with van der Waals surface area (Å²) in [7, 11) is 3.62. The highest BCUT2D eigenvalue weighted by Crippen LogP contribution is 2.67. The van der Waals surface area contributed by atoms with Gasteiger partial charge in [0.15, 0.2) is 5.78 Å². The summed E-state index contributed by atoms with van der Waals surface area (Å²) in [6.07, 6.45) is 9.24. The van der Waals surface area contributed by atoms with Crippen LogP contribution in [0.4, 0.5) is 4.79 Å². The average molecular weight is 522 g/mol. The number of oxime groups is 1. The van der Waals surface area contributed by atoms with Crippen LogP contribution in [0.3, 0.4) is 0 Å². The van der Waals surface area contributed by atoms with Crippen LogP contribution in [0.25, 0.3) is 0 Å². The van der Waals surface area contributed by atoms with Gasteiger partial charge in [-0.25, -0.2) is 4.79 Å². The Hall–Kier alpha value is -2.77. The van der Waals surface area contributed by atoms with Crippen molar-refractivity contribution in [1.82, 2.24) is 0 Å². The second-order valence-corrected chi connectivity index (χ2v) is 11.3. The molecule has 0 aliphatic heterocycles. The van der Waals surface area contributed by atoms with Crippen molar-refractivity contribution < 1.29 is 28.6 Å². The molecule has 1 aromatic rings. The van der Waals surface area contributed by atoms with Crippen LogP contribution in [-0.2, 0) is 23.8 Å². The highest BCUT2D eigenvalue weighted by molar-refractivity contribution is 5.93. The zero-order valence-corrected chi connectivity index (χ0v) is 23.0. The first-order valence-electron chi connectivity index (χ1n) is 13.8. The molecular weight excluding hydrogens is 482 g/mol. The van der Waals surface area contributed by atoms with Gasteiger partial charge in [-0.2, -0.15) is 0 Å². The first-order chi connectivity index (χ1) is 18.4. The number of methoxy groups -OCH3 is 2. The molecule has 2 saturated carbocycles. The average Bonchev–Trinajstić information content (AvgIpc) is 3.20. The molecule has 204 valence electrons. The highest BCUT2D eigenvalue weighted by atomic mass is 16.8. The molecule has 0 saturated heterocycles. The van der Waals surface area contributed by atoms with Gasteiger partial charge in [0.2, 0.25) is 0 Å². The van der Waals surface area contributed by atoms with Gasteiger partial charge < -0.3 is 14.2 Å². The van der Waals surface area contributed by atoms with E-state index in [0.29, 0.717) is 24.9 Å². The number of allylic oxidation sites excluding steroid dienone is 4. The topological polar surface area (TPSA) is 83.4 Å². The number of carbonyl (C=O) groups is 2. The summed E-state index contributed by atoms with van der Waals surface area (Å²) in [6, 6.07) is 8.35. The van der Waals surface area contributed by atoms with E-state index in [1.165, 1.54) is 22.9 Å². The van der Waals surface area contributed by atoms with E-state index in [2.05, 4.69) is 24.2 Å². The number of benzene rings is 1. The molecule has 7 nitrogen and oxygen atoms in total. The molecule has 38 heavy (non-hydrogen) atoms. The fourth-order valence-corrected chi connectivity index (χ4v) is 7.99. The van der Waals surface area contributed by atoms with Gasteiger partial charge in [0, 0.05) is 32.0 Å². The van der Waals surface area contributed by atoms with Gasteiger partial charge in [0.1, 0.15) is 0 Å². The minimum Gasteiger partial charge on any atom is -0.433 e. The summed E-state index contributed by atoms with van der Waals surface area (Å²) in [4.78, 5) is 28.4. The van der Waals surface area contributed by atoms with Gasteiger partial charge >= 0.3 is 6.16 Å². The van der Waals surface area contributed by atoms with Gasteiger partial charge in [-0.05, 0) is 85.6 Å². The van der Waals surface area contributed by atoms with E-state index in [-0.39, 0.29) is 29.3 Å². The molecule has 0 amide bonds. The number of carbonyl (C=O) groups excluding carboxylic acids is 2. The second-order valence-electron chi connectivity index (χ2n) is 11.3. The minimum absolute atomic E-state index is 0.0313. The monoisotopic (exact) mass is 521 g/mol. The van der Waals surface area contributed by atoms with Crippen molar-refractivity contribution >= 4 is 18.2 Å². The Balaban J connectivity index is 1.52. The first-order valence-corrected chi connectivity index (χ1v) is 13.8. The summed E-state index contributed by atoms with van der Waals surface area (Å²) >= 11 is 0. The molecule has 5 rings (SSSR count). The fourth-order valence-electron chi connectivity index (χ4n) is 7.99. The smallest absolute Gasteiger partial charge is 0.433 e. The Morgan fingerprint density at radius 2 is 1.92 bits per heavy atom. The molecule has 1 aromatic carbocycles. The minimum atomic E-state index is -0.814. The van der Waals surface area contributed by atoms with Gasteiger partial charge in [0.05, 0.1) is 25.0 Å². The molecule has 5 atom stereocenters. The zero-order chi connectivity index (χ0) is 26.9. The summed E-state index contributed by atoms with van der Waals surface area (Å²) in [6.45, 7) is 4.97. The number of ketones is 1. The lowest BCUT2D eigenvalue weighted by molar-refractivity contribution is -0.149. The number of rotatable bonds is 7. The molecule has 7 heteroatoms. The third-order valence-corrected chi connectivity index (χ3v) is 9.72. The third kappa shape index (κ3) is 4.54. The van der Waals surface area contributed by atoms with Crippen molar-refractivity contribution in [3.63, 3.8) is 0 Å². The zero-order valence-electron chi connectivity index (χ0n) is 23.0. The summed E-state index contributed by atoms with van der Waals surface area (Å²) in [5.74, 6) is 1.50. The Morgan fingerprint density at radius 1 is 1.13 bits per heavy atom. The summed E-state index contributed by atoms with van der Waals surface area (Å²) < 4.78 is 16.8. The first kappa shape index (κ1) is 26.8. The fraction of sp³-hybridized carbons (Fsp3) is 0.581. The van der Waals surface area contributed by atoms with E-state index < -0.39 is 6.16 Å². The summed E-state index contributed by atoms with van der Waals surface area (Å²) in [5, 5.41) is 3.76. The van der Waals surface area contributed by atoms with Gasteiger partial charge in [-0.1, -0.05) is 41.9 Å². The second kappa shape index (κ2) is 10.8. The van der Waals surface area contributed by atoms with E-state index in [1.807, 2.05) is 25.3 Å². The SMILES string of the molecule is CCOC(=O)O/N=C/c1ccc([C@H]2CC3(C)C(CC[C@]3(COC)OC)C3CCC4=CC(=O)CCC4=C32)cc1. The van der Waals surface area contributed by atoms with Crippen LogP contribution in [0.5, 0.6) is 0 Å². The largest absolute Gasteiger partial charge is 0.535 e. The number of ether oxygens (including phenoxy) is 3. The Morgan fingerprint density at radius 3 is 2.63 bits per heavy atom. The van der Waals surface area contributed by atoms with E-state index >= 15 is 0 Å². The molecule has 0 aromatic heterocycles. The molecule has 0 bridgehead atoms. The molecule has 0 spiro atoms.